The average Bonchev–Trinajstić information content (AvgIpc) is 2.26. The zero-order valence-electron chi connectivity index (χ0n) is 9.58. The first-order chi connectivity index (χ1) is 8.95. The van der Waals surface area contributed by atoms with Gasteiger partial charge in [-0.05, 0) is 55.6 Å². The summed E-state index contributed by atoms with van der Waals surface area (Å²) in [7, 11) is 0. The molecule has 0 radical (unpaired) electrons. The first kappa shape index (κ1) is 14.6. The molecule has 2 nitrogen and oxygen atoms in total. The molecule has 0 saturated heterocycles. The van der Waals surface area contributed by atoms with Gasteiger partial charge in [-0.15, -0.1) is 0 Å². The van der Waals surface area contributed by atoms with Crippen LogP contribution in [0.3, 0.4) is 0 Å². The number of rotatable bonds is 3. The lowest BCUT2D eigenvalue weighted by atomic mass is 10.0. The predicted molar refractivity (Wildman–Crippen MR) is 74.7 cm³/mol. The summed E-state index contributed by atoms with van der Waals surface area (Å²) in [5.74, 6) is -1.32. The Hall–Kier alpha value is -0.850. The van der Waals surface area contributed by atoms with Gasteiger partial charge in [0.25, 0.3) is 0 Å². The number of halogens is 4. The first-order valence-electron chi connectivity index (χ1n) is 5.39. The van der Waals surface area contributed by atoms with E-state index in [1.54, 1.807) is 12.3 Å². The highest BCUT2D eigenvalue weighted by Crippen LogP contribution is 2.27. The van der Waals surface area contributed by atoms with Crippen LogP contribution in [-0.4, -0.2) is 10.1 Å². The maximum Gasteiger partial charge on any atom is 0.126 e. The van der Waals surface area contributed by atoms with E-state index >= 15 is 0 Å². The molecule has 6 heteroatoms. The summed E-state index contributed by atoms with van der Waals surface area (Å²) in [4.78, 5) is 4.09. The Morgan fingerprint density at radius 1 is 1.11 bits per heavy atom. The fraction of sp³-hybridized carbons (Fsp3) is 0.154. The van der Waals surface area contributed by atoms with Crippen LogP contribution < -0.4 is 0 Å². The molecule has 0 aliphatic carbocycles. The van der Waals surface area contributed by atoms with Gasteiger partial charge in [-0.3, -0.25) is 4.98 Å². The lowest BCUT2D eigenvalue weighted by Crippen LogP contribution is -2.05. The SMILES string of the molecule is OC(Cc1cc(F)cc(F)c1)c1ncc(Br)cc1Br. The summed E-state index contributed by atoms with van der Waals surface area (Å²) in [6, 6.07) is 4.93. The molecular formula is C13H9Br2F2NO. The molecule has 1 N–H and O–H groups in total. The van der Waals surface area contributed by atoms with Crippen LogP contribution in [-0.2, 0) is 6.42 Å². The predicted octanol–water partition coefficient (Wildman–Crippen LogP) is 4.16. The summed E-state index contributed by atoms with van der Waals surface area (Å²) < 4.78 is 27.5. The molecule has 0 spiro atoms. The van der Waals surface area contributed by atoms with Crippen molar-refractivity contribution in [2.75, 3.05) is 0 Å². The molecule has 0 saturated carbocycles. The molecule has 1 heterocycles. The van der Waals surface area contributed by atoms with Crippen LogP contribution in [0, 0.1) is 11.6 Å². The van der Waals surface area contributed by atoms with Crippen molar-refractivity contribution in [2.45, 2.75) is 12.5 Å². The number of hydrogen-bond donors (Lipinski definition) is 1. The first-order valence-corrected chi connectivity index (χ1v) is 6.98. The molecule has 0 aliphatic rings. The summed E-state index contributed by atoms with van der Waals surface area (Å²) in [6.45, 7) is 0. The number of aliphatic hydroxyl groups excluding tert-OH is 1. The van der Waals surface area contributed by atoms with Gasteiger partial charge in [-0.25, -0.2) is 8.78 Å². The van der Waals surface area contributed by atoms with Gasteiger partial charge in [-0.1, -0.05) is 0 Å². The molecule has 1 aromatic carbocycles. The molecule has 0 amide bonds. The Balaban J connectivity index is 2.22. The summed E-state index contributed by atoms with van der Waals surface area (Å²) >= 11 is 6.55. The van der Waals surface area contributed by atoms with Crippen LogP contribution in [0.5, 0.6) is 0 Å². The van der Waals surface area contributed by atoms with Crippen LogP contribution in [0.15, 0.2) is 39.4 Å². The van der Waals surface area contributed by atoms with Crippen molar-refractivity contribution in [1.82, 2.24) is 4.98 Å². The second kappa shape index (κ2) is 6.07. The van der Waals surface area contributed by atoms with Gasteiger partial charge < -0.3 is 5.11 Å². The molecule has 2 rings (SSSR count). The maximum atomic E-state index is 13.1. The van der Waals surface area contributed by atoms with Crippen LogP contribution in [0.2, 0.25) is 0 Å². The van der Waals surface area contributed by atoms with Crippen LogP contribution in [0.25, 0.3) is 0 Å². The van der Waals surface area contributed by atoms with Crippen molar-refractivity contribution in [3.63, 3.8) is 0 Å². The zero-order chi connectivity index (χ0) is 14.0. The Morgan fingerprint density at radius 3 is 2.32 bits per heavy atom. The standard InChI is InChI=1S/C13H9Br2F2NO/c14-8-4-11(15)13(18-6-8)12(19)3-7-1-9(16)5-10(17)2-7/h1-2,4-6,12,19H,3H2. The van der Waals surface area contributed by atoms with Gasteiger partial charge in [-0.2, -0.15) is 0 Å². The van der Waals surface area contributed by atoms with Crippen LogP contribution >= 0.6 is 31.9 Å². The van der Waals surface area contributed by atoms with Gasteiger partial charge >= 0.3 is 0 Å². The molecule has 0 aliphatic heterocycles. The number of aromatic nitrogens is 1. The Kier molecular flexibility index (Phi) is 4.65. The third-order valence-corrected chi connectivity index (χ3v) is 3.57. The van der Waals surface area contributed by atoms with Gasteiger partial charge in [0, 0.05) is 27.6 Å². The van der Waals surface area contributed by atoms with E-state index in [-0.39, 0.29) is 6.42 Å². The second-order valence-corrected chi connectivity index (χ2v) is 5.79. The number of hydrogen-bond acceptors (Lipinski definition) is 2. The highest BCUT2D eigenvalue weighted by Gasteiger charge is 2.15. The number of nitrogens with zero attached hydrogens (tertiary/aromatic N) is 1. The minimum Gasteiger partial charge on any atom is -0.386 e. The average molecular weight is 393 g/mol. The number of aliphatic hydroxyl groups is 1. The minimum atomic E-state index is -0.941. The second-order valence-electron chi connectivity index (χ2n) is 4.02. The van der Waals surface area contributed by atoms with Gasteiger partial charge in [0.1, 0.15) is 17.7 Å². The molecule has 100 valence electrons. The Bertz CT molecular complexity index is 587. The molecular weight excluding hydrogens is 384 g/mol. The van der Waals surface area contributed by atoms with Crippen molar-refractivity contribution in [3.8, 4) is 0 Å². The monoisotopic (exact) mass is 391 g/mol. The zero-order valence-corrected chi connectivity index (χ0v) is 12.7. The molecule has 19 heavy (non-hydrogen) atoms. The third-order valence-electron chi connectivity index (χ3n) is 2.50. The normalized spacial score (nSPS) is 12.5. The van der Waals surface area contributed by atoms with Crippen molar-refractivity contribution < 1.29 is 13.9 Å². The molecule has 1 unspecified atom stereocenters. The summed E-state index contributed by atoms with van der Waals surface area (Å²) in [5, 5.41) is 10.1. The number of benzene rings is 1. The van der Waals surface area contributed by atoms with E-state index in [1.807, 2.05) is 0 Å². The fourth-order valence-corrected chi connectivity index (χ4v) is 2.97. The van der Waals surface area contributed by atoms with Gasteiger partial charge in [0.15, 0.2) is 0 Å². The molecule has 2 aromatic rings. The van der Waals surface area contributed by atoms with E-state index in [9.17, 15) is 13.9 Å². The van der Waals surface area contributed by atoms with Crippen molar-refractivity contribution in [1.29, 1.82) is 0 Å². The summed E-state index contributed by atoms with van der Waals surface area (Å²) in [6.07, 6.45) is 0.695. The van der Waals surface area contributed by atoms with Crippen LogP contribution in [0.4, 0.5) is 8.78 Å². The van der Waals surface area contributed by atoms with Crippen molar-refractivity contribution in [3.05, 3.63) is 62.3 Å². The highest BCUT2D eigenvalue weighted by molar-refractivity contribution is 9.11. The van der Waals surface area contributed by atoms with E-state index in [0.717, 1.165) is 10.5 Å². The minimum absolute atomic E-state index is 0.0852. The van der Waals surface area contributed by atoms with E-state index in [1.165, 1.54) is 12.1 Å². The fourth-order valence-electron chi connectivity index (χ4n) is 1.72. The third kappa shape index (κ3) is 3.81. The molecule has 1 atom stereocenters. The maximum absolute atomic E-state index is 13.1. The van der Waals surface area contributed by atoms with E-state index in [2.05, 4.69) is 36.8 Å². The van der Waals surface area contributed by atoms with E-state index in [4.69, 9.17) is 0 Å². The molecule has 1 aromatic heterocycles. The highest BCUT2D eigenvalue weighted by atomic mass is 79.9. The Morgan fingerprint density at radius 2 is 1.74 bits per heavy atom. The van der Waals surface area contributed by atoms with Crippen molar-refractivity contribution in [2.24, 2.45) is 0 Å². The van der Waals surface area contributed by atoms with Crippen molar-refractivity contribution >= 4 is 31.9 Å². The molecule has 0 fully saturated rings. The van der Waals surface area contributed by atoms with Gasteiger partial charge in [0.05, 0.1) is 5.69 Å². The Labute approximate surface area is 125 Å². The van der Waals surface area contributed by atoms with Gasteiger partial charge in [0.2, 0.25) is 0 Å². The largest absolute Gasteiger partial charge is 0.386 e. The lowest BCUT2D eigenvalue weighted by molar-refractivity contribution is 0.172. The van der Waals surface area contributed by atoms with E-state index in [0.29, 0.717) is 15.7 Å². The lowest BCUT2D eigenvalue weighted by Gasteiger charge is -2.12. The van der Waals surface area contributed by atoms with Crippen LogP contribution in [0.1, 0.15) is 17.4 Å². The quantitative estimate of drug-likeness (QED) is 0.850. The smallest absolute Gasteiger partial charge is 0.126 e. The summed E-state index contributed by atoms with van der Waals surface area (Å²) in [5.41, 5.74) is 0.800. The van der Waals surface area contributed by atoms with E-state index < -0.39 is 17.7 Å². The number of pyridine rings is 1. The topological polar surface area (TPSA) is 33.1 Å². The molecule has 0 bridgehead atoms.